The lowest BCUT2D eigenvalue weighted by atomic mass is 9.45. The summed E-state index contributed by atoms with van der Waals surface area (Å²) in [5.41, 5.74) is 21.5. The number of nitrogens with zero attached hydrogens (tertiary/aromatic N) is 2. The summed E-state index contributed by atoms with van der Waals surface area (Å²) in [6, 6.07) is 61.9. The maximum atomic E-state index is 7.50. The Morgan fingerprint density at radius 1 is 0.515 bits per heavy atom. The number of hydrogen-bond donors (Lipinski definition) is 0. The zero-order chi connectivity index (χ0) is 45.0. The van der Waals surface area contributed by atoms with Gasteiger partial charge in [-0.15, -0.1) is 11.3 Å². The Hall–Kier alpha value is -6.82. The fourth-order valence-corrected chi connectivity index (χ4v) is 12.7. The highest BCUT2D eigenvalue weighted by atomic mass is 32.1. The molecule has 0 radical (unpaired) electrons. The average Bonchev–Trinajstić information content (AvgIpc) is 3.95. The largest absolute Gasteiger partial charge is 0.466 e. The van der Waals surface area contributed by atoms with Gasteiger partial charge in [-0.25, -0.2) is 0 Å². The molecule has 0 saturated carbocycles. The van der Waals surface area contributed by atoms with Crippen LogP contribution in [-0.4, -0.2) is 6.85 Å². The molecule has 1 aliphatic carbocycles. The topological polar surface area (TPSA) is 19.6 Å². The Morgan fingerprint density at radius 2 is 1.18 bits per heavy atom. The van der Waals surface area contributed by atoms with Crippen LogP contribution in [0.15, 0.2) is 168 Å². The maximum Gasteiger partial charge on any atom is 0.375 e. The summed E-state index contributed by atoms with van der Waals surface area (Å²) in [6.07, 6.45) is 0. The van der Waals surface area contributed by atoms with Crippen LogP contribution in [0.4, 0.5) is 28.4 Å². The zero-order valence-corrected chi connectivity index (χ0v) is 39.7. The molecule has 5 heteroatoms. The fraction of sp³-hybridized carbons (Fsp3) is 0.180. The maximum absolute atomic E-state index is 7.50. The second kappa shape index (κ2) is 13.6. The number of benzene rings is 8. The van der Waals surface area contributed by atoms with Crippen molar-refractivity contribution in [2.45, 2.75) is 71.6 Å². The molecule has 13 rings (SSSR count). The van der Waals surface area contributed by atoms with Crippen molar-refractivity contribution in [3.8, 4) is 33.4 Å². The highest BCUT2D eigenvalue weighted by molar-refractivity contribution is 7.25. The second-order valence-corrected chi connectivity index (χ2v) is 22.4. The number of rotatable bonds is 3. The molecule has 320 valence electrons. The minimum absolute atomic E-state index is 0.00504. The van der Waals surface area contributed by atoms with Gasteiger partial charge in [0.1, 0.15) is 11.2 Å². The summed E-state index contributed by atoms with van der Waals surface area (Å²) in [4.78, 5) is 5.23. The quantitative estimate of drug-likeness (QED) is 0.165. The van der Waals surface area contributed by atoms with Crippen molar-refractivity contribution in [1.29, 1.82) is 0 Å². The van der Waals surface area contributed by atoms with E-state index in [1.165, 1.54) is 92.6 Å². The smallest absolute Gasteiger partial charge is 0.375 e. The lowest BCUT2D eigenvalue weighted by Gasteiger charge is -2.45. The van der Waals surface area contributed by atoms with Crippen LogP contribution in [0.1, 0.15) is 77.6 Å². The number of thiophene rings is 1. The van der Waals surface area contributed by atoms with E-state index >= 15 is 0 Å². The van der Waals surface area contributed by atoms with Crippen LogP contribution >= 0.6 is 11.3 Å². The predicted molar refractivity (Wildman–Crippen MR) is 283 cm³/mol. The van der Waals surface area contributed by atoms with E-state index < -0.39 is 0 Å². The third-order valence-corrected chi connectivity index (χ3v) is 16.1. The van der Waals surface area contributed by atoms with Crippen LogP contribution in [-0.2, 0) is 16.2 Å². The van der Waals surface area contributed by atoms with Gasteiger partial charge in [0, 0.05) is 59.3 Å². The molecule has 0 amide bonds. The van der Waals surface area contributed by atoms with Gasteiger partial charge in [0.05, 0.1) is 5.69 Å². The molecule has 2 aromatic heterocycles. The van der Waals surface area contributed by atoms with Crippen LogP contribution in [0.25, 0.3) is 64.5 Å². The zero-order valence-electron chi connectivity index (χ0n) is 38.9. The van der Waals surface area contributed by atoms with Crippen LogP contribution in [0, 0.1) is 0 Å². The Balaban J connectivity index is 1.21. The van der Waals surface area contributed by atoms with Crippen LogP contribution in [0.2, 0.25) is 0 Å². The van der Waals surface area contributed by atoms with E-state index in [4.69, 9.17) is 4.42 Å². The summed E-state index contributed by atoms with van der Waals surface area (Å²) < 4.78 is 10.1. The van der Waals surface area contributed by atoms with Crippen LogP contribution in [0.5, 0.6) is 0 Å². The van der Waals surface area contributed by atoms with Crippen molar-refractivity contribution in [3.63, 3.8) is 0 Å². The minimum Gasteiger partial charge on any atom is -0.466 e. The molecule has 0 bridgehead atoms. The van der Waals surface area contributed by atoms with Crippen LogP contribution < -0.4 is 20.8 Å². The molecule has 66 heavy (non-hydrogen) atoms. The van der Waals surface area contributed by atoms with Crippen molar-refractivity contribution in [1.82, 2.24) is 0 Å². The van der Waals surface area contributed by atoms with Crippen molar-refractivity contribution in [3.05, 3.63) is 186 Å². The normalized spacial score (nSPS) is 14.7. The molecule has 0 N–H and O–H groups in total. The van der Waals surface area contributed by atoms with E-state index in [2.05, 4.69) is 229 Å². The number of anilines is 5. The molecule has 3 nitrogen and oxygen atoms in total. The molecule has 0 fully saturated rings. The predicted octanol–water partition coefficient (Wildman–Crippen LogP) is 16.1. The van der Waals surface area contributed by atoms with E-state index in [0.717, 1.165) is 33.7 Å². The molecule has 3 aliphatic rings. The molecule has 0 spiro atoms. The van der Waals surface area contributed by atoms with Gasteiger partial charge in [-0.3, -0.25) is 0 Å². The lowest BCUT2D eigenvalue weighted by Crippen LogP contribution is -2.61. The highest BCUT2D eigenvalue weighted by Crippen LogP contribution is 2.59. The monoisotopic (exact) mass is 870 g/mol. The lowest BCUT2D eigenvalue weighted by molar-refractivity contribution is 0.590. The average molecular weight is 871 g/mol. The summed E-state index contributed by atoms with van der Waals surface area (Å²) >= 11 is 1.89. The van der Waals surface area contributed by atoms with E-state index in [1.54, 1.807) is 0 Å². The van der Waals surface area contributed by atoms with Crippen molar-refractivity contribution in [2.24, 2.45) is 0 Å². The molecule has 0 saturated heterocycles. The summed E-state index contributed by atoms with van der Waals surface area (Å²) in [5, 5.41) is 3.69. The Bertz CT molecular complexity index is 3640. The van der Waals surface area contributed by atoms with Gasteiger partial charge < -0.3 is 14.1 Å². The molecule has 10 aromatic rings. The van der Waals surface area contributed by atoms with Crippen molar-refractivity contribution >= 4 is 88.9 Å². The van der Waals surface area contributed by atoms with E-state index in [9.17, 15) is 0 Å². The van der Waals surface area contributed by atoms with Gasteiger partial charge >= 0.3 is 6.85 Å². The minimum atomic E-state index is -0.300. The van der Waals surface area contributed by atoms with E-state index in [-0.39, 0.29) is 23.1 Å². The SMILES string of the molecule is CC(C)(C)c1ccc(N2B3c4oc5ccc(-c6ccccc6)cc5c4N(c4ccc(C(C)(C)C)cc4)c4c3c(cc3c4C(C)(C)c4ccccc4-3)-c3cc4sc5ccccc5c4cc32)cc1. The Morgan fingerprint density at radius 3 is 1.91 bits per heavy atom. The van der Waals surface area contributed by atoms with Gasteiger partial charge in [0.25, 0.3) is 0 Å². The molecular formula is C61H51BN2OS. The van der Waals surface area contributed by atoms with Gasteiger partial charge in [-0.2, -0.15) is 0 Å². The van der Waals surface area contributed by atoms with Gasteiger partial charge in [0.2, 0.25) is 0 Å². The molecular weight excluding hydrogens is 820 g/mol. The Kier molecular flexibility index (Phi) is 8.16. The van der Waals surface area contributed by atoms with Gasteiger partial charge in [-0.05, 0) is 127 Å². The third-order valence-electron chi connectivity index (χ3n) is 14.9. The first kappa shape index (κ1) is 39.5. The molecule has 8 aromatic carbocycles. The standard InChI is InChI=1S/C61H51BN2OS/c1-59(2,3)38-23-27-40(28-24-38)63-56-48-32-37(36-16-10-9-11-17-36)22-31-51(48)65-58(56)62-55-47(33-46-42-18-12-14-20-49(42)61(7,8)54(46)57(55)63)44-35-53-45(43-19-13-15-21-52(43)66-53)34-50(44)64(62)41-29-25-39(26-30-41)60(4,5)6/h9-35H,1-8H3. The second-order valence-electron chi connectivity index (χ2n) is 21.3. The highest BCUT2D eigenvalue weighted by Gasteiger charge is 2.52. The van der Waals surface area contributed by atoms with Gasteiger partial charge in [-0.1, -0.05) is 159 Å². The van der Waals surface area contributed by atoms with Gasteiger partial charge in [0.15, 0.2) is 0 Å². The molecule has 0 unspecified atom stereocenters. The summed E-state index contributed by atoms with van der Waals surface area (Å²) in [5.74, 6) is 0. The number of hydrogen-bond acceptors (Lipinski definition) is 4. The molecule has 2 aliphatic heterocycles. The first-order valence-corrected chi connectivity index (χ1v) is 24.3. The first-order valence-electron chi connectivity index (χ1n) is 23.4. The third kappa shape index (κ3) is 5.56. The van der Waals surface area contributed by atoms with Crippen LogP contribution in [0.3, 0.4) is 0 Å². The molecule has 0 atom stereocenters. The van der Waals surface area contributed by atoms with E-state index in [0.29, 0.717) is 0 Å². The van der Waals surface area contributed by atoms with Crippen molar-refractivity contribution < 1.29 is 4.42 Å². The number of fused-ring (bicyclic) bond motifs is 13. The first-order chi connectivity index (χ1) is 31.8. The van der Waals surface area contributed by atoms with E-state index in [1.807, 2.05) is 11.3 Å². The van der Waals surface area contributed by atoms with Crippen molar-refractivity contribution in [2.75, 3.05) is 9.71 Å². The number of furan rings is 1. The fourth-order valence-electron chi connectivity index (χ4n) is 11.6. The summed E-state index contributed by atoms with van der Waals surface area (Å²) in [6.45, 7) is 18.4. The molecule has 4 heterocycles. The Labute approximate surface area is 392 Å². The summed E-state index contributed by atoms with van der Waals surface area (Å²) in [7, 11) is 0.